The van der Waals surface area contributed by atoms with Gasteiger partial charge in [-0.25, -0.2) is 0 Å². The van der Waals surface area contributed by atoms with Crippen molar-refractivity contribution in [3.05, 3.63) is 40.7 Å². The highest BCUT2D eigenvalue weighted by molar-refractivity contribution is 7.88. The number of fused-ring (bicyclic) bond motifs is 1. The Morgan fingerprint density at radius 2 is 1.67 bits per heavy atom. The predicted octanol–water partition coefficient (Wildman–Crippen LogP) is 2.63. The van der Waals surface area contributed by atoms with Gasteiger partial charge in [0.2, 0.25) is 0 Å². The SMILES string of the molecule is CCOC(Cn1c(=O)ccc2ccc(OS(=O)(=O)C(F)(F)F)cc21)OCC. The topological polar surface area (TPSA) is 83.8 Å². The van der Waals surface area contributed by atoms with Gasteiger partial charge in [0.1, 0.15) is 5.75 Å². The fraction of sp³-hybridized carbons (Fsp3) is 0.438. The summed E-state index contributed by atoms with van der Waals surface area (Å²) in [4.78, 5) is 12.2. The molecular formula is C16H18F3NO6S. The van der Waals surface area contributed by atoms with Gasteiger partial charge >= 0.3 is 15.6 Å². The molecule has 2 aromatic rings. The first-order valence-electron chi connectivity index (χ1n) is 7.96. The second-order valence-electron chi connectivity index (χ2n) is 5.33. The molecule has 0 N–H and O–H groups in total. The summed E-state index contributed by atoms with van der Waals surface area (Å²) in [5.74, 6) is -0.566. The third-order valence-corrected chi connectivity index (χ3v) is 4.47. The van der Waals surface area contributed by atoms with Crippen LogP contribution >= 0.6 is 0 Å². The average Bonchev–Trinajstić information content (AvgIpc) is 2.56. The molecule has 150 valence electrons. The summed E-state index contributed by atoms with van der Waals surface area (Å²) >= 11 is 0. The van der Waals surface area contributed by atoms with Crippen LogP contribution in [0.15, 0.2) is 35.1 Å². The number of benzene rings is 1. The van der Waals surface area contributed by atoms with Crippen LogP contribution < -0.4 is 9.74 Å². The standard InChI is InChI=1S/C16H18F3NO6S/c1-3-24-15(25-4-2)10-20-13-9-12(26-27(22,23)16(17,18)19)7-5-11(13)6-8-14(20)21/h5-9,15H,3-4,10H2,1-2H3. The molecule has 0 amide bonds. The van der Waals surface area contributed by atoms with Gasteiger partial charge < -0.3 is 18.2 Å². The molecule has 1 aromatic heterocycles. The monoisotopic (exact) mass is 409 g/mol. The van der Waals surface area contributed by atoms with Crippen molar-refractivity contribution >= 4 is 21.0 Å². The highest BCUT2D eigenvalue weighted by atomic mass is 32.2. The summed E-state index contributed by atoms with van der Waals surface area (Å²) in [5.41, 5.74) is -5.84. The maximum atomic E-state index is 12.5. The van der Waals surface area contributed by atoms with E-state index in [4.69, 9.17) is 9.47 Å². The van der Waals surface area contributed by atoms with Gasteiger partial charge in [-0.05, 0) is 37.4 Å². The van der Waals surface area contributed by atoms with E-state index in [9.17, 15) is 26.4 Å². The lowest BCUT2D eigenvalue weighted by atomic mass is 10.2. The van der Waals surface area contributed by atoms with Gasteiger partial charge in [0.15, 0.2) is 6.29 Å². The summed E-state index contributed by atoms with van der Waals surface area (Å²) < 4.78 is 76.1. The smallest absolute Gasteiger partial charge is 0.376 e. The average molecular weight is 409 g/mol. The molecule has 0 atom stereocenters. The number of nitrogens with zero attached hydrogens (tertiary/aromatic N) is 1. The van der Waals surface area contributed by atoms with Crippen LogP contribution in [0.2, 0.25) is 0 Å². The third-order valence-electron chi connectivity index (χ3n) is 3.49. The third kappa shape index (κ3) is 4.99. The minimum Gasteiger partial charge on any atom is -0.376 e. The fourth-order valence-electron chi connectivity index (χ4n) is 2.36. The zero-order valence-electron chi connectivity index (χ0n) is 14.5. The molecule has 0 radical (unpaired) electrons. The lowest BCUT2D eigenvalue weighted by Gasteiger charge is -2.19. The van der Waals surface area contributed by atoms with Gasteiger partial charge in [0.05, 0.1) is 12.1 Å². The Balaban J connectivity index is 2.48. The summed E-state index contributed by atoms with van der Waals surface area (Å²) in [6, 6.07) is 6.22. The van der Waals surface area contributed by atoms with Crippen molar-refractivity contribution in [3.63, 3.8) is 0 Å². The van der Waals surface area contributed by atoms with Gasteiger partial charge in [-0.3, -0.25) is 4.79 Å². The van der Waals surface area contributed by atoms with Crippen molar-refractivity contribution in [2.24, 2.45) is 0 Å². The lowest BCUT2D eigenvalue weighted by molar-refractivity contribution is -0.143. The second kappa shape index (κ2) is 8.28. The summed E-state index contributed by atoms with van der Waals surface area (Å²) in [6.07, 6.45) is -0.758. The molecule has 1 aromatic carbocycles. The van der Waals surface area contributed by atoms with Gasteiger partial charge in [0.25, 0.3) is 5.56 Å². The maximum Gasteiger partial charge on any atom is 0.534 e. The number of halogens is 3. The van der Waals surface area contributed by atoms with Crippen molar-refractivity contribution in [3.8, 4) is 5.75 Å². The van der Waals surface area contributed by atoms with Crippen LogP contribution in [-0.2, 0) is 26.1 Å². The number of alkyl halides is 3. The van der Waals surface area contributed by atoms with Gasteiger partial charge in [-0.15, -0.1) is 0 Å². The molecule has 7 nitrogen and oxygen atoms in total. The van der Waals surface area contributed by atoms with Crippen LogP contribution in [0.25, 0.3) is 10.9 Å². The molecule has 0 saturated heterocycles. The fourth-order valence-corrected chi connectivity index (χ4v) is 2.81. The highest BCUT2D eigenvalue weighted by Crippen LogP contribution is 2.28. The van der Waals surface area contributed by atoms with E-state index in [1.54, 1.807) is 13.8 Å². The van der Waals surface area contributed by atoms with Crippen molar-refractivity contribution in [1.82, 2.24) is 4.57 Å². The molecule has 0 aliphatic rings. The van der Waals surface area contributed by atoms with Gasteiger partial charge in [0, 0.05) is 25.3 Å². The quantitative estimate of drug-likeness (QED) is 0.379. The number of aromatic nitrogens is 1. The van der Waals surface area contributed by atoms with E-state index in [2.05, 4.69) is 4.18 Å². The second-order valence-corrected chi connectivity index (χ2v) is 6.86. The molecule has 0 spiro atoms. The number of pyridine rings is 1. The summed E-state index contributed by atoms with van der Waals surface area (Å²) in [5, 5.41) is 0.498. The Morgan fingerprint density at radius 1 is 1.07 bits per heavy atom. The van der Waals surface area contributed by atoms with Crippen LogP contribution in [0.5, 0.6) is 5.75 Å². The zero-order valence-corrected chi connectivity index (χ0v) is 15.3. The Morgan fingerprint density at radius 3 is 2.22 bits per heavy atom. The first-order valence-corrected chi connectivity index (χ1v) is 9.37. The number of ether oxygens (including phenoxy) is 2. The molecule has 0 bridgehead atoms. The van der Waals surface area contributed by atoms with Crippen molar-refractivity contribution in [1.29, 1.82) is 0 Å². The van der Waals surface area contributed by atoms with Crippen molar-refractivity contribution < 1.29 is 35.2 Å². The van der Waals surface area contributed by atoms with Crippen molar-refractivity contribution in [2.75, 3.05) is 13.2 Å². The number of hydrogen-bond acceptors (Lipinski definition) is 6. The minimum atomic E-state index is -5.82. The van der Waals surface area contributed by atoms with Crippen LogP contribution in [-0.4, -0.2) is 38.0 Å². The Kier molecular flexibility index (Phi) is 6.50. The number of hydrogen-bond donors (Lipinski definition) is 0. The van der Waals surface area contributed by atoms with E-state index in [0.717, 1.165) is 12.1 Å². The number of rotatable bonds is 8. The highest BCUT2D eigenvalue weighted by Gasteiger charge is 2.48. The van der Waals surface area contributed by atoms with E-state index in [-0.39, 0.29) is 12.1 Å². The lowest BCUT2D eigenvalue weighted by Crippen LogP contribution is -2.30. The summed E-state index contributed by atoms with van der Waals surface area (Å²) in [7, 11) is -5.82. The molecule has 11 heteroatoms. The molecule has 0 aliphatic heterocycles. The molecule has 0 unspecified atom stereocenters. The van der Waals surface area contributed by atoms with E-state index in [1.165, 1.54) is 22.8 Å². The first-order chi connectivity index (χ1) is 12.6. The van der Waals surface area contributed by atoms with E-state index in [0.29, 0.717) is 18.6 Å². The maximum absolute atomic E-state index is 12.5. The normalized spacial score (nSPS) is 12.7. The van der Waals surface area contributed by atoms with Gasteiger partial charge in [-0.1, -0.05) is 0 Å². The van der Waals surface area contributed by atoms with Crippen LogP contribution in [0.3, 0.4) is 0 Å². The van der Waals surface area contributed by atoms with E-state index >= 15 is 0 Å². The van der Waals surface area contributed by atoms with E-state index < -0.39 is 33.2 Å². The molecular weight excluding hydrogens is 391 g/mol. The Hall–Kier alpha value is -2.11. The molecule has 0 fully saturated rings. The Labute approximate surface area is 153 Å². The van der Waals surface area contributed by atoms with Crippen LogP contribution in [0.1, 0.15) is 13.8 Å². The molecule has 0 saturated carbocycles. The van der Waals surface area contributed by atoms with E-state index in [1.807, 2.05) is 0 Å². The zero-order chi connectivity index (χ0) is 20.2. The molecule has 1 heterocycles. The summed E-state index contributed by atoms with van der Waals surface area (Å²) in [6.45, 7) is 4.09. The molecule has 27 heavy (non-hydrogen) atoms. The predicted molar refractivity (Wildman–Crippen MR) is 90.9 cm³/mol. The minimum absolute atomic E-state index is 0.0344. The van der Waals surface area contributed by atoms with Gasteiger partial charge in [-0.2, -0.15) is 21.6 Å². The largest absolute Gasteiger partial charge is 0.534 e. The Bertz CT molecular complexity index is 949. The molecule has 2 rings (SSSR count). The van der Waals surface area contributed by atoms with Crippen molar-refractivity contribution in [2.45, 2.75) is 32.2 Å². The first kappa shape index (κ1) is 21.2. The van der Waals surface area contributed by atoms with Crippen LogP contribution in [0.4, 0.5) is 13.2 Å². The molecule has 0 aliphatic carbocycles. The van der Waals surface area contributed by atoms with Crippen LogP contribution in [0, 0.1) is 0 Å².